The van der Waals surface area contributed by atoms with E-state index in [2.05, 4.69) is 5.32 Å². The van der Waals surface area contributed by atoms with Crippen molar-refractivity contribution >= 4 is 23.6 Å². The molecule has 6 heteroatoms. The van der Waals surface area contributed by atoms with E-state index in [9.17, 15) is 9.59 Å². The summed E-state index contributed by atoms with van der Waals surface area (Å²) in [5, 5.41) is 2.80. The number of aryl methyl sites for hydroxylation is 1. The molecular formula is C25H21NO5. The zero-order valence-corrected chi connectivity index (χ0v) is 16.9. The number of fused-ring (bicyclic) bond motifs is 1. The fourth-order valence-corrected chi connectivity index (χ4v) is 3.08. The Morgan fingerprint density at radius 3 is 2.48 bits per heavy atom. The average molecular weight is 415 g/mol. The van der Waals surface area contributed by atoms with Crippen molar-refractivity contribution in [3.63, 3.8) is 0 Å². The Morgan fingerprint density at radius 1 is 0.968 bits per heavy atom. The average Bonchev–Trinajstić information content (AvgIpc) is 3.26. The second-order valence-corrected chi connectivity index (χ2v) is 7.03. The number of carbonyl (C=O) groups excluding carboxylic acids is 2. The molecule has 3 aromatic rings. The van der Waals surface area contributed by atoms with Crippen LogP contribution in [0, 0.1) is 6.92 Å². The van der Waals surface area contributed by atoms with Gasteiger partial charge >= 0.3 is 5.97 Å². The number of nitrogens with one attached hydrogen (secondary N) is 1. The van der Waals surface area contributed by atoms with Gasteiger partial charge in [0, 0.05) is 17.3 Å². The van der Waals surface area contributed by atoms with Gasteiger partial charge in [-0.1, -0.05) is 54.1 Å². The third kappa shape index (κ3) is 5.11. The highest BCUT2D eigenvalue weighted by molar-refractivity contribution is 5.97. The SMILES string of the molecule is Cc1ccc(NC(=O)[C@H](OC(=O)/C=C/c2ccc3c(c2)OCO3)c2ccccc2)cc1. The summed E-state index contributed by atoms with van der Waals surface area (Å²) in [4.78, 5) is 25.4. The predicted octanol–water partition coefficient (Wildman–Crippen LogP) is 4.66. The number of benzene rings is 3. The highest BCUT2D eigenvalue weighted by Gasteiger charge is 2.24. The summed E-state index contributed by atoms with van der Waals surface area (Å²) in [5.74, 6) is 0.220. The molecule has 0 spiro atoms. The molecule has 1 heterocycles. The highest BCUT2D eigenvalue weighted by Crippen LogP contribution is 2.32. The number of carbonyl (C=O) groups is 2. The van der Waals surface area contributed by atoms with Crippen LogP contribution in [-0.4, -0.2) is 18.7 Å². The molecule has 1 amide bonds. The van der Waals surface area contributed by atoms with Gasteiger partial charge < -0.3 is 19.5 Å². The Hall–Kier alpha value is -4.06. The molecule has 1 N–H and O–H groups in total. The molecule has 1 atom stereocenters. The van der Waals surface area contributed by atoms with Crippen LogP contribution in [0.25, 0.3) is 6.08 Å². The van der Waals surface area contributed by atoms with Crippen molar-refractivity contribution < 1.29 is 23.8 Å². The van der Waals surface area contributed by atoms with E-state index in [-0.39, 0.29) is 6.79 Å². The van der Waals surface area contributed by atoms with E-state index in [1.165, 1.54) is 6.08 Å². The predicted molar refractivity (Wildman–Crippen MR) is 117 cm³/mol. The van der Waals surface area contributed by atoms with E-state index in [0.29, 0.717) is 22.7 Å². The molecule has 0 bridgehead atoms. The lowest BCUT2D eigenvalue weighted by Gasteiger charge is -2.17. The second-order valence-electron chi connectivity index (χ2n) is 7.03. The largest absolute Gasteiger partial charge is 0.454 e. The summed E-state index contributed by atoms with van der Waals surface area (Å²) in [6.07, 6.45) is 1.80. The lowest BCUT2D eigenvalue weighted by atomic mass is 10.1. The number of hydrogen-bond donors (Lipinski definition) is 1. The highest BCUT2D eigenvalue weighted by atomic mass is 16.7. The van der Waals surface area contributed by atoms with E-state index in [4.69, 9.17) is 14.2 Å². The smallest absolute Gasteiger partial charge is 0.331 e. The maximum Gasteiger partial charge on any atom is 0.331 e. The first-order chi connectivity index (χ1) is 15.1. The topological polar surface area (TPSA) is 73.9 Å². The second kappa shape index (κ2) is 9.17. The molecule has 0 aromatic heterocycles. The van der Waals surface area contributed by atoms with E-state index >= 15 is 0 Å². The van der Waals surface area contributed by atoms with Crippen LogP contribution < -0.4 is 14.8 Å². The Kier molecular flexibility index (Phi) is 5.98. The molecule has 1 aliphatic rings. The summed E-state index contributed by atoms with van der Waals surface area (Å²) < 4.78 is 16.1. The number of hydrogen-bond acceptors (Lipinski definition) is 5. The van der Waals surface area contributed by atoms with Crippen molar-refractivity contribution in [3.8, 4) is 11.5 Å². The van der Waals surface area contributed by atoms with Crippen LogP contribution in [0.4, 0.5) is 5.69 Å². The molecule has 0 aliphatic carbocycles. The number of anilines is 1. The van der Waals surface area contributed by atoms with Crippen molar-refractivity contribution in [2.45, 2.75) is 13.0 Å². The molecule has 0 unspecified atom stereocenters. The maximum absolute atomic E-state index is 12.9. The summed E-state index contributed by atoms with van der Waals surface area (Å²) in [6.45, 7) is 2.14. The molecule has 31 heavy (non-hydrogen) atoms. The van der Waals surface area contributed by atoms with Gasteiger partial charge in [0.1, 0.15) is 0 Å². The molecular weight excluding hydrogens is 394 g/mol. The van der Waals surface area contributed by atoms with Crippen LogP contribution in [0.3, 0.4) is 0 Å². The molecule has 156 valence electrons. The van der Waals surface area contributed by atoms with E-state index in [0.717, 1.165) is 11.1 Å². The van der Waals surface area contributed by atoms with Gasteiger partial charge in [-0.3, -0.25) is 4.79 Å². The number of rotatable bonds is 6. The summed E-state index contributed by atoms with van der Waals surface area (Å²) >= 11 is 0. The third-order valence-corrected chi connectivity index (χ3v) is 4.70. The van der Waals surface area contributed by atoms with E-state index in [1.807, 2.05) is 25.1 Å². The summed E-state index contributed by atoms with van der Waals surface area (Å²) in [7, 11) is 0. The third-order valence-electron chi connectivity index (χ3n) is 4.70. The van der Waals surface area contributed by atoms with Crippen molar-refractivity contribution in [1.29, 1.82) is 0 Å². The van der Waals surface area contributed by atoms with Crippen molar-refractivity contribution in [3.05, 3.63) is 95.6 Å². The molecule has 1 aliphatic heterocycles. The van der Waals surface area contributed by atoms with E-state index in [1.54, 1.807) is 60.7 Å². The minimum atomic E-state index is -1.09. The van der Waals surface area contributed by atoms with Gasteiger partial charge in [-0.05, 0) is 42.8 Å². The molecule has 0 saturated carbocycles. The lowest BCUT2D eigenvalue weighted by molar-refractivity contribution is -0.149. The minimum absolute atomic E-state index is 0.180. The van der Waals surface area contributed by atoms with Gasteiger partial charge in [0.15, 0.2) is 11.5 Å². The lowest BCUT2D eigenvalue weighted by Crippen LogP contribution is -2.25. The van der Waals surface area contributed by atoms with Crippen LogP contribution in [0.5, 0.6) is 11.5 Å². The quantitative estimate of drug-likeness (QED) is 0.468. The molecule has 4 rings (SSSR count). The fourth-order valence-electron chi connectivity index (χ4n) is 3.08. The zero-order valence-electron chi connectivity index (χ0n) is 16.9. The Morgan fingerprint density at radius 2 is 1.71 bits per heavy atom. The van der Waals surface area contributed by atoms with Gasteiger partial charge in [-0.25, -0.2) is 4.79 Å². The van der Waals surface area contributed by atoms with Gasteiger partial charge in [-0.2, -0.15) is 0 Å². The van der Waals surface area contributed by atoms with Gasteiger partial charge in [0.25, 0.3) is 5.91 Å². The molecule has 0 fully saturated rings. The minimum Gasteiger partial charge on any atom is -0.454 e. The molecule has 0 radical (unpaired) electrons. The Balaban J connectivity index is 1.48. The summed E-state index contributed by atoms with van der Waals surface area (Å²) in [5.41, 5.74) is 3.04. The van der Waals surface area contributed by atoms with Gasteiger partial charge in [0.2, 0.25) is 12.9 Å². The van der Waals surface area contributed by atoms with Crippen molar-refractivity contribution in [2.24, 2.45) is 0 Å². The first kappa shape index (κ1) is 20.2. The van der Waals surface area contributed by atoms with Gasteiger partial charge in [0.05, 0.1) is 0 Å². The fraction of sp³-hybridized carbons (Fsp3) is 0.120. The summed E-state index contributed by atoms with van der Waals surface area (Å²) in [6, 6.07) is 21.6. The number of amides is 1. The first-order valence-electron chi connectivity index (χ1n) is 9.79. The normalized spacial score (nSPS) is 13.1. The first-order valence-corrected chi connectivity index (χ1v) is 9.79. The molecule has 3 aromatic carbocycles. The maximum atomic E-state index is 12.9. The molecule has 6 nitrogen and oxygen atoms in total. The van der Waals surface area contributed by atoms with Gasteiger partial charge in [-0.15, -0.1) is 0 Å². The zero-order chi connectivity index (χ0) is 21.6. The van der Waals surface area contributed by atoms with Crippen LogP contribution in [0.2, 0.25) is 0 Å². The number of ether oxygens (including phenoxy) is 3. The van der Waals surface area contributed by atoms with Crippen molar-refractivity contribution in [2.75, 3.05) is 12.1 Å². The van der Waals surface area contributed by atoms with Crippen LogP contribution >= 0.6 is 0 Å². The van der Waals surface area contributed by atoms with Crippen LogP contribution in [-0.2, 0) is 14.3 Å². The Labute approximate surface area is 180 Å². The Bertz CT molecular complexity index is 1110. The monoisotopic (exact) mass is 415 g/mol. The number of esters is 1. The van der Waals surface area contributed by atoms with Crippen LogP contribution in [0.15, 0.2) is 78.9 Å². The standard InChI is InChI=1S/C25H21NO5/c1-17-7-11-20(12-8-17)26-25(28)24(19-5-3-2-4-6-19)31-23(27)14-10-18-9-13-21-22(15-18)30-16-29-21/h2-15,24H,16H2,1H3,(H,26,28)/b14-10+/t24-/m1/s1. The molecule has 0 saturated heterocycles. The van der Waals surface area contributed by atoms with Crippen molar-refractivity contribution in [1.82, 2.24) is 0 Å². The van der Waals surface area contributed by atoms with E-state index < -0.39 is 18.0 Å². The van der Waals surface area contributed by atoms with Crippen LogP contribution in [0.1, 0.15) is 22.8 Å².